The third-order valence-electron chi connectivity index (χ3n) is 4.64. The van der Waals surface area contributed by atoms with E-state index in [1.165, 1.54) is 11.8 Å². The summed E-state index contributed by atoms with van der Waals surface area (Å²) in [6, 6.07) is 8.76. The predicted molar refractivity (Wildman–Crippen MR) is 80.4 cm³/mol. The van der Waals surface area contributed by atoms with Crippen molar-refractivity contribution in [2.45, 2.75) is 25.8 Å². The van der Waals surface area contributed by atoms with Gasteiger partial charge in [0.2, 0.25) is 17.7 Å². The molecule has 0 aromatic heterocycles. The number of fused-ring (bicyclic) bond motifs is 5. The zero-order valence-electron chi connectivity index (χ0n) is 12.6. The summed E-state index contributed by atoms with van der Waals surface area (Å²) >= 11 is 0. The molecule has 0 spiro atoms. The van der Waals surface area contributed by atoms with E-state index in [0.717, 1.165) is 0 Å². The number of para-hydroxylation sites is 1. The quantitative estimate of drug-likeness (QED) is 0.803. The third kappa shape index (κ3) is 1.68. The van der Waals surface area contributed by atoms with E-state index in [1.54, 1.807) is 31.2 Å². The fourth-order valence-corrected chi connectivity index (χ4v) is 3.74. The lowest BCUT2D eigenvalue weighted by atomic mass is 9.82. The van der Waals surface area contributed by atoms with Gasteiger partial charge in [-0.05, 0) is 19.1 Å². The Morgan fingerprint density at radius 2 is 1.96 bits per heavy atom. The standard InChI is InChI=1S/C16H15N3O4/c1-8-16(18-9(2)20)12-11(13(17-8)23-16)14(21)19(15(12)22)10-6-4-3-5-7-10/h3-7,11-13H,1-2H3,(H,18,20)/t11-,12-,13+,16+/m1/s1. The molecule has 2 fully saturated rings. The van der Waals surface area contributed by atoms with Gasteiger partial charge >= 0.3 is 0 Å². The number of ether oxygens (including phenoxy) is 1. The molecule has 4 rings (SSSR count). The second-order valence-electron chi connectivity index (χ2n) is 5.99. The fraction of sp³-hybridized carbons (Fsp3) is 0.375. The number of carbonyl (C=O) groups excluding carboxylic acids is 3. The zero-order valence-corrected chi connectivity index (χ0v) is 12.6. The molecule has 1 N–H and O–H groups in total. The van der Waals surface area contributed by atoms with Crippen molar-refractivity contribution in [3.05, 3.63) is 30.3 Å². The first-order valence-electron chi connectivity index (χ1n) is 7.40. The lowest BCUT2D eigenvalue weighted by molar-refractivity contribution is -0.131. The summed E-state index contributed by atoms with van der Waals surface area (Å²) in [7, 11) is 0. The zero-order chi connectivity index (χ0) is 16.4. The molecule has 0 aliphatic carbocycles. The minimum Gasteiger partial charge on any atom is -0.324 e. The summed E-state index contributed by atoms with van der Waals surface area (Å²) < 4.78 is 5.77. The molecule has 2 bridgehead atoms. The van der Waals surface area contributed by atoms with E-state index in [0.29, 0.717) is 11.4 Å². The van der Waals surface area contributed by atoms with Gasteiger partial charge in [0.15, 0.2) is 12.0 Å². The lowest BCUT2D eigenvalue weighted by Gasteiger charge is -2.31. The van der Waals surface area contributed by atoms with Crippen molar-refractivity contribution in [3.8, 4) is 0 Å². The van der Waals surface area contributed by atoms with Crippen molar-refractivity contribution < 1.29 is 19.1 Å². The molecule has 3 aliphatic rings. The number of hydrogen-bond donors (Lipinski definition) is 1. The summed E-state index contributed by atoms with van der Waals surface area (Å²) in [5.41, 5.74) is -0.265. The van der Waals surface area contributed by atoms with Crippen molar-refractivity contribution in [2.24, 2.45) is 16.8 Å². The molecule has 3 heterocycles. The average molecular weight is 313 g/mol. The molecular formula is C16H15N3O4. The Balaban J connectivity index is 1.79. The molecule has 118 valence electrons. The highest BCUT2D eigenvalue weighted by Crippen LogP contribution is 2.51. The molecule has 2 saturated heterocycles. The molecule has 4 atom stereocenters. The summed E-state index contributed by atoms with van der Waals surface area (Å²) in [6.45, 7) is 3.05. The van der Waals surface area contributed by atoms with Crippen LogP contribution in [0.25, 0.3) is 0 Å². The topological polar surface area (TPSA) is 88.1 Å². The van der Waals surface area contributed by atoms with E-state index in [2.05, 4.69) is 10.3 Å². The average Bonchev–Trinajstić information content (AvgIpc) is 3.07. The maximum atomic E-state index is 12.9. The van der Waals surface area contributed by atoms with E-state index in [9.17, 15) is 14.4 Å². The lowest BCUT2D eigenvalue weighted by Crippen LogP contribution is -2.58. The third-order valence-corrected chi connectivity index (χ3v) is 4.64. The first kappa shape index (κ1) is 14.1. The van der Waals surface area contributed by atoms with Crippen molar-refractivity contribution in [1.82, 2.24) is 5.32 Å². The van der Waals surface area contributed by atoms with Crippen LogP contribution in [-0.4, -0.2) is 35.4 Å². The number of nitrogens with one attached hydrogen (secondary N) is 1. The highest BCUT2D eigenvalue weighted by molar-refractivity contribution is 6.25. The Hall–Kier alpha value is -2.54. The van der Waals surface area contributed by atoms with Crippen molar-refractivity contribution in [3.63, 3.8) is 0 Å². The number of aliphatic imine (C=N–C) groups is 1. The van der Waals surface area contributed by atoms with Crippen LogP contribution in [0.5, 0.6) is 0 Å². The van der Waals surface area contributed by atoms with E-state index >= 15 is 0 Å². The predicted octanol–water partition coefficient (Wildman–Crippen LogP) is 0.455. The second-order valence-corrected chi connectivity index (χ2v) is 5.99. The maximum Gasteiger partial charge on any atom is 0.243 e. The Labute approximate surface area is 132 Å². The van der Waals surface area contributed by atoms with Crippen molar-refractivity contribution in [2.75, 3.05) is 4.90 Å². The molecular weight excluding hydrogens is 298 g/mol. The number of benzene rings is 1. The SMILES string of the molecule is CC(=O)N[C@]12O[C@H](N=C1C)[C@@H]1C(=O)N(c3ccccc3)C(=O)[C@@H]12. The number of anilines is 1. The largest absolute Gasteiger partial charge is 0.324 e. The van der Waals surface area contributed by atoms with Crippen LogP contribution in [0.15, 0.2) is 35.3 Å². The number of rotatable bonds is 2. The minimum absolute atomic E-state index is 0.334. The van der Waals surface area contributed by atoms with Gasteiger partial charge in [0, 0.05) is 6.92 Å². The Morgan fingerprint density at radius 3 is 2.61 bits per heavy atom. The van der Waals surface area contributed by atoms with Gasteiger partial charge in [-0.2, -0.15) is 0 Å². The van der Waals surface area contributed by atoms with Crippen LogP contribution in [0.4, 0.5) is 5.69 Å². The smallest absolute Gasteiger partial charge is 0.243 e. The minimum atomic E-state index is -1.31. The Morgan fingerprint density at radius 1 is 1.26 bits per heavy atom. The van der Waals surface area contributed by atoms with Gasteiger partial charge in [-0.3, -0.25) is 19.4 Å². The molecule has 3 amide bonds. The number of hydrogen-bond acceptors (Lipinski definition) is 5. The second kappa shape index (κ2) is 4.48. The van der Waals surface area contributed by atoms with Gasteiger partial charge in [-0.25, -0.2) is 4.90 Å². The summed E-state index contributed by atoms with van der Waals surface area (Å²) in [5.74, 6) is -2.50. The number of carbonyl (C=O) groups is 3. The van der Waals surface area contributed by atoms with Crippen LogP contribution in [0, 0.1) is 11.8 Å². The normalized spacial score (nSPS) is 34.6. The van der Waals surface area contributed by atoms with Crippen LogP contribution in [-0.2, 0) is 19.1 Å². The number of nitrogens with zero attached hydrogens (tertiary/aromatic N) is 2. The van der Waals surface area contributed by atoms with Crippen molar-refractivity contribution >= 4 is 29.1 Å². The van der Waals surface area contributed by atoms with Gasteiger partial charge in [0.05, 0.1) is 11.4 Å². The van der Waals surface area contributed by atoms with Crippen LogP contribution >= 0.6 is 0 Å². The van der Waals surface area contributed by atoms with Crippen LogP contribution < -0.4 is 10.2 Å². The molecule has 3 aliphatic heterocycles. The van der Waals surface area contributed by atoms with E-state index in [4.69, 9.17) is 4.74 Å². The monoisotopic (exact) mass is 313 g/mol. The molecule has 7 heteroatoms. The van der Waals surface area contributed by atoms with Gasteiger partial charge < -0.3 is 10.1 Å². The highest BCUT2D eigenvalue weighted by atomic mass is 16.6. The maximum absolute atomic E-state index is 12.9. The number of amides is 3. The molecule has 23 heavy (non-hydrogen) atoms. The van der Waals surface area contributed by atoms with Crippen molar-refractivity contribution in [1.29, 1.82) is 0 Å². The summed E-state index contributed by atoms with van der Waals surface area (Å²) in [6.07, 6.45) is -0.725. The number of imide groups is 1. The summed E-state index contributed by atoms with van der Waals surface area (Å²) in [5, 5.41) is 2.70. The summed E-state index contributed by atoms with van der Waals surface area (Å²) in [4.78, 5) is 42.8. The molecule has 0 saturated carbocycles. The van der Waals surface area contributed by atoms with E-state index in [1.807, 2.05) is 6.07 Å². The van der Waals surface area contributed by atoms with E-state index in [-0.39, 0.29) is 17.7 Å². The fourth-order valence-electron chi connectivity index (χ4n) is 3.74. The van der Waals surface area contributed by atoms with Gasteiger partial charge in [0.25, 0.3) is 0 Å². The Bertz CT molecular complexity index is 760. The van der Waals surface area contributed by atoms with Crippen LogP contribution in [0.1, 0.15) is 13.8 Å². The highest BCUT2D eigenvalue weighted by Gasteiger charge is 2.71. The molecule has 1 aromatic carbocycles. The first-order chi connectivity index (χ1) is 11.0. The molecule has 7 nitrogen and oxygen atoms in total. The van der Waals surface area contributed by atoms with Gasteiger partial charge in [-0.1, -0.05) is 18.2 Å². The Kier molecular flexibility index (Phi) is 2.74. The van der Waals surface area contributed by atoms with E-state index < -0.39 is 23.8 Å². The van der Waals surface area contributed by atoms with Gasteiger partial charge in [0.1, 0.15) is 11.8 Å². The molecule has 1 aromatic rings. The van der Waals surface area contributed by atoms with Gasteiger partial charge in [-0.15, -0.1) is 0 Å². The van der Waals surface area contributed by atoms with Crippen LogP contribution in [0.3, 0.4) is 0 Å². The van der Waals surface area contributed by atoms with Crippen LogP contribution in [0.2, 0.25) is 0 Å². The molecule has 0 radical (unpaired) electrons. The molecule has 0 unspecified atom stereocenters. The first-order valence-corrected chi connectivity index (χ1v) is 7.40.